The summed E-state index contributed by atoms with van der Waals surface area (Å²) in [6.07, 6.45) is 1.02. The lowest BCUT2D eigenvalue weighted by atomic mass is 10.1. The summed E-state index contributed by atoms with van der Waals surface area (Å²) in [6.45, 7) is 3.08. The maximum absolute atomic E-state index is 13.2. The van der Waals surface area contributed by atoms with E-state index in [2.05, 4.69) is 5.32 Å². The average Bonchev–Trinajstić information content (AvgIpc) is 2.71. The number of rotatable bonds is 4. The second-order valence-corrected chi connectivity index (χ2v) is 4.43. The van der Waals surface area contributed by atoms with Crippen molar-refractivity contribution in [1.29, 1.82) is 0 Å². The molecule has 1 aliphatic heterocycles. The fraction of sp³-hybridized carbons (Fsp3) is 0.500. The second kappa shape index (κ2) is 5.41. The summed E-state index contributed by atoms with van der Waals surface area (Å²) in [4.78, 5) is 10.0. The van der Waals surface area contributed by atoms with Crippen LogP contribution in [0.3, 0.4) is 0 Å². The van der Waals surface area contributed by atoms with E-state index in [1.54, 1.807) is 0 Å². The first kappa shape index (κ1) is 12.9. The van der Waals surface area contributed by atoms with Gasteiger partial charge in [0, 0.05) is 25.3 Å². The van der Waals surface area contributed by atoms with E-state index in [1.807, 2.05) is 6.92 Å². The van der Waals surface area contributed by atoms with E-state index in [0.29, 0.717) is 18.7 Å². The van der Waals surface area contributed by atoms with Gasteiger partial charge in [0.1, 0.15) is 5.82 Å². The van der Waals surface area contributed by atoms with Gasteiger partial charge in [-0.2, -0.15) is 0 Å². The van der Waals surface area contributed by atoms with Crippen molar-refractivity contribution in [1.82, 2.24) is 5.32 Å². The summed E-state index contributed by atoms with van der Waals surface area (Å²) in [5.74, 6) is -0.586. The molecule has 6 heteroatoms. The predicted molar refractivity (Wildman–Crippen MR) is 63.7 cm³/mol. The summed E-state index contributed by atoms with van der Waals surface area (Å²) in [5, 5.41) is 13.8. The molecule has 1 fully saturated rings. The topological polar surface area (TPSA) is 64.4 Å². The Morgan fingerprint density at radius 3 is 2.94 bits per heavy atom. The van der Waals surface area contributed by atoms with Crippen LogP contribution >= 0.6 is 0 Å². The summed E-state index contributed by atoms with van der Waals surface area (Å²) in [7, 11) is 0. The van der Waals surface area contributed by atoms with Crippen molar-refractivity contribution in [3.63, 3.8) is 0 Å². The highest BCUT2D eigenvalue weighted by Crippen LogP contribution is 2.18. The molecule has 98 valence electrons. The Kier molecular flexibility index (Phi) is 3.88. The molecule has 0 spiro atoms. The number of nitrogens with one attached hydrogen (secondary N) is 1. The minimum atomic E-state index is -0.589. The van der Waals surface area contributed by atoms with E-state index >= 15 is 0 Å². The maximum Gasteiger partial charge on any atom is 0.272 e. The van der Waals surface area contributed by atoms with Crippen LogP contribution in [0.15, 0.2) is 18.2 Å². The number of nitrogens with zero attached hydrogens (tertiary/aromatic N) is 1. The Bertz CT molecular complexity index is 453. The summed E-state index contributed by atoms with van der Waals surface area (Å²) in [5.41, 5.74) is 0.350. The van der Waals surface area contributed by atoms with E-state index < -0.39 is 10.7 Å². The summed E-state index contributed by atoms with van der Waals surface area (Å²) < 4.78 is 18.6. The highest BCUT2D eigenvalue weighted by molar-refractivity contribution is 5.35. The Labute approximate surface area is 104 Å². The van der Waals surface area contributed by atoms with Crippen molar-refractivity contribution in [3.05, 3.63) is 39.7 Å². The van der Waals surface area contributed by atoms with Crippen molar-refractivity contribution in [2.75, 3.05) is 6.61 Å². The van der Waals surface area contributed by atoms with Gasteiger partial charge < -0.3 is 10.1 Å². The molecular formula is C12H15FN2O3. The van der Waals surface area contributed by atoms with Crippen molar-refractivity contribution in [2.45, 2.75) is 32.0 Å². The van der Waals surface area contributed by atoms with Gasteiger partial charge in [0.2, 0.25) is 0 Å². The third-order valence-electron chi connectivity index (χ3n) is 3.10. The fourth-order valence-corrected chi connectivity index (χ4v) is 2.09. The number of ether oxygens (including phenoxy) is 1. The maximum atomic E-state index is 13.2. The number of nitro benzene ring substituents is 1. The number of halogens is 1. The van der Waals surface area contributed by atoms with E-state index in [9.17, 15) is 14.5 Å². The Morgan fingerprint density at radius 1 is 1.56 bits per heavy atom. The first-order valence-electron chi connectivity index (χ1n) is 5.85. The zero-order chi connectivity index (χ0) is 13.1. The molecule has 0 saturated carbocycles. The molecule has 1 aromatic carbocycles. The van der Waals surface area contributed by atoms with Gasteiger partial charge in [-0.15, -0.1) is 0 Å². The van der Waals surface area contributed by atoms with E-state index in [-0.39, 0.29) is 17.8 Å². The number of nitro groups is 1. The molecule has 2 rings (SSSR count). The third kappa shape index (κ3) is 3.02. The quantitative estimate of drug-likeness (QED) is 0.659. The largest absolute Gasteiger partial charge is 0.377 e. The van der Waals surface area contributed by atoms with Gasteiger partial charge in [-0.1, -0.05) is 0 Å². The van der Waals surface area contributed by atoms with Gasteiger partial charge in [-0.3, -0.25) is 10.1 Å². The predicted octanol–water partition coefficient (Wildman–Crippen LogP) is 2.00. The fourth-order valence-electron chi connectivity index (χ4n) is 2.09. The van der Waals surface area contributed by atoms with Gasteiger partial charge >= 0.3 is 0 Å². The van der Waals surface area contributed by atoms with Crippen LogP contribution in [0.4, 0.5) is 10.1 Å². The lowest BCUT2D eigenvalue weighted by Crippen LogP contribution is -2.34. The number of hydrogen-bond donors (Lipinski definition) is 1. The molecule has 1 N–H and O–H groups in total. The van der Waals surface area contributed by atoms with E-state index in [1.165, 1.54) is 12.1 Å². The Morgan fingerprint density at radius 2 is 2.33 bits per heavy atom. The van der Waals surface area contributed by atoms with Crippen LogP contribution in [-0.4, -0.2) is 23.7 Å². The first-order chi connectivity index (χ1) is 8.56. The molecule has 2 unspecified atom stereocenters. The van der Waals surface area contributed by atoms with Crippen LogP contribution in [0.5, 0.6) is 0 Å². The minimum absolute atomic E-state index is 0.119. The molecule has 1 aliphatic rings. The molecular weight excluding hydrogens is 239 g/mol. The first-order valence-corrected chi connectivity index (χ1v) is 5.85. The number of non-ortho nitro benzene ring substituents is 1. The highest BCUT2D eigenvalue weighted by Gasteiger charge is 2.23. The molecule has 0 aliphatic carbocycles. The normalized spacial score (nSPS) is 23.2. The summed E-state index contributed by atoms with van der Waals surface area (Å²) >= 11 is 0. The third-order valence-corrected chi connectivity index (χ3v) is 3.10. The van der Waals surface area contributed by atoms with Crippen molar-refractivity contribution < 1.29 is 14.1 Å². The Balaban J connectivity index is 2.02. The molecule has 0 radical (unpaired) electrons. The SMILES string of the molecule is CC1OCCC1NCc1cc(F)cc([N+](=O)[O-])c1. The van der Waals surface area contributed by atoms with Crippen molar-refractivity contribution in [2.24, 2.45) is 0 Å². The molecule has 1 saturated heterocycles. The highest BCUT2D eigenvalue weighted by atomic mass is 19.1. The van der Waals surface area contributed by atoms with Crippen LogP contribution < -0.4 is 5.32 Å². The smallest absolute Gasteiger partial charge is 0.272 e. The van der Waals surface area contributed by atoms with Crippen molar-refractivity contribution >= 4 is 5.69 Å². The molecule has 0 aromatic heterocycles. The molecule has 1 aromatic rings. The molecule has 5 nitrogen and oxygen atoms in total. The van der Waals surface area contributed by atoms with Crippen LogP contribution in [0.2, 0.25) is 0 Å². The second-order valence-electron chi connectivity index (χ2n) is 4.43. The lowest BCUT2D eigenvalue weighted by Gasteiger charge is -2.15. The van der Waals surface area contributed by atoms with Crippen LogP contribution in [0.1, 0.15) is 18.9 Å². The molecule has 0 amide bonds. The van der Waals surface area contributed by atoms with Gasteiger partial charge in [-0.05, 0) is 25.0 Å². The molecule has 18 heavy (non-hydrogen) atoms. The Hall–Kier alpha value is -1.53. The number of hydrogen-bond acceptors (Lipinski definition) is 4. The van der Waals surface area contributed by atoms with Gasteiger partial charge in [0.25, 0.3) is 5.69 Å². The zero-order valence-corrected chi connectivity index (χ0v) is 10.1. The van der Waals surface area contributed by atoms with Gasteiger partial charge in [0.15, 0.2) is 0 Å². The minimum Gasteiger partial charge on any atom is -0.377 e. The van der Waals surface area contributed by atoms with Crippen LogP contribution in [0, 0.1) is 15.9 Å². The number of benzene rings is 1. The van der Waals surface area contributed by atoms with E-state index in [0.717, 1.165) is 12.5 Å². The molecule has 0 bridgehead atoms. The van der Waals surface area contributed by atoms with Crippen LogP contribution in [0.25, 0.3) is 0 Å². The van der Waals surface area contributed by atoms with Crippen molar-refractivity contribution in [3.8, 4) is 0 Å². The van der Waals surface area contributed by atoms with Gasteiger partial charge in [-0.25, -0.2) is 4.39 Å². The van der Waals surface area contributed by atoms with E-state index in [4.69, 9.17) is 4.74 Å². The average molecular weight is 254 g/mol. The monoisotopic (exact) mass is 254 g/mol. The lowest BCUT2D eigenvalue weighted by molar-refractivity contribution is -0.385. The molecule has 1 heterocycles. The standard InChI is InChI=1S/C12H15FN2O3/c1-8-12(2-3-18-8)14-7-9-4-10(13)6-11(5-9)15(16)17/h4-6,8,12,14H,2-3,7H2,1H3. The molecule has 2 atom stereocenters. The summed E-state index contributed by atoms with van der Waals surface area (Å²) in [6, 6.07) is 3.83. The zero-order valence-electron chi connectivity index (χ0n) is 10.1. The van der Waals surface area contributed by atoms with Crippen LogP contribution in [-0.2, 0) is 11.3 Å². The van der Waals surface area contributed by atoms with Gasteiger partial charge in [0.05, 0.1) is 17.1 Å².